The van der Waals surface area contributed by atoms with Crippen LogP contribution in [-0.4, -0.2) is 17.4 Å². The highest BCUT2D eigenvalue weighted by atomic mass is 35.5. The number of nitrogens with zero attached hydrogens (tertiary/aromatic N) is 1. The third-order valence-corrected chi connectivity index (χ3v) is 7.99. The van der Waals surface area contributed by atoms with Crippen molar-refractivity contribution >= 4 is 63.9 Å². The van der Waals surface area contributed by atoms with Crippen LogP contribution < -0.4 is 10.6 Å². The van der Waals surface area contributed by atoms with E-state index in [9.17, 15) is 14.9 Å². The van der Waals surface area contributed by atoms with Crippen molar-refractivity contribution in [3.05, 3.63) is 85.0 Å². The van der Waals surface area contributed by atoms with Crippen LogP contribution in [0.15, 0.2) is 64.3 Å². The van der Waals surface area contributed by atoms with Gasteiger partial charge in [-0.2, -0.15) is 5.26 Å². The number of benzene rings is 2. The van der Waals surface area contributed by atoms with Gasteiger partial charge in [0.05, 0.1) is 44.1 Å². The van der Waals surface area contributed by atoms with E-state index in [1.54, 1.807) is 30.3 Å². The van der Waals surface area contributed by atoms with Crippen LogP contribution in [0.2, 0.25) is 15.1 Å². The second-order valence-electron chi connectivity index (χ2n) is 9.24. The number of rotatable bonds is 5. The zero-order valence-electron chi connectivity index (χ0n) is 19.0. The number of thioether (sulfide) groups is 1. The Balaban J connectivity index is 1.65. The fourth-order valence-electron chi connectivity index (χ4n) is 4.40. The van der Waals surface area contributed by atoms with Crippen molar-refractivity contribution in [2.45, 2.75) is 32.6 Å². The van der Waals surface area contributed by atoms with Gasteiger partial charge in [0.2, 0.25) is 5.91 Å². The van der Waals surface area contributed by atoms with Crippen LogP contribution in [0.3, 0.4) is 0 Å². The SMILES string of the molecule is CC1(C)CC(=O)C2=C(C1)NC(SCC(=O)Nc1cccc(Cl)c1Cl)=C(C#N)[C@@H]2c1ccc(Cl)cc1. The lowest BCUT2D eigenvalue weighted by atomic mass is 9.69. The first-order chi connectivity index (χ1) is 16.6. The predicted octanol–water partition coefficient (Wildman–Crippen LogP) is 7.08. The maximum absolute atomic E-state index is 13.2. The summed E-state index contributed by atoms with van der Waals surface area (Å²) >= 11 is 19.5. The van der Waals surface area contributed by atoms with Crippen molar-refractivity contribution in [1.29, 1.82) is 5.26 Å². The molecule has 0 unspecified atom stereocenters. The smallest absolute Gasteiger partial charge is 0.234 e. The van der Waals surface area contributed by atoms with Crippen LogP contribution in [0.1, 0.15) is 38.2 Å². The highest BCUT2D eigenvalue weighted by molar-refractivity contribution is 8.03. The van der Waals surface area contributed by atoms with Gasteiger partial charge in [-0.25, -0.2) is 0 Å². The summed E-state index contributed by atoms with van der Waals surface area (Å²) in [6.07, 6.45) is 1.06. The van der Waals surface area contributed by atoms with E-state index in [-0.39, 0.29) is 27.9 Å². The standard InChI is InChI=1S/C26H22Cl3N3O2S/c1-26(2)10-19-23(20(33)11-26)22(14-6-8-15(27)9-7-14)16(12-30)25(32-19)35-13-21(34)31-18-5-3-4-17(28)24(18)29/h3-9,22,32H,10-11,13H2,1-2H3,(H,31,34)/t22-/m0/s1. The molecule has 180 valence electrons. The minimum Gasteiger partial charge on any atom is -0.352 e. The summed E-state index contributed by atoms with van der Waals surface area (Å²) in [5.41, 5.74) is 2.82. The van der Waals surface area contributed by atoms with Gasteiger partial charge in [-0.15, -0.1) is 0 Å². The number of amides is 1. The number of carbonyl (C=O) groups excluding carboxylic acids is 2. The average molecular weight is 547 g/mol. The summed E-state index contributed by atoms with van der Waals surface area (Å²) in [6, 6.07) is 14.5. The first-order valence-corrected chi connectivity index (χ1v) is 13.0. The minimum atomic E-state index is -0.523. The Kier molecular flexibility index (Phi) is 7.54. The van der Waals surface area contributed by atoms with Gasteiger partial charge in [0, 0.05) is 22.7 Å². The van der Waals surface area contributed by atoms with E-state index in [4.69, 9.17) is 34.8 Å². The zero-order chi connectivity index (χ0) is 25.3. The fourth-order valence-corrected chi connectivity index (χ4v) is 5.74. The normalized spacial score (nSPS) is 19.1. The molecule has 1 amide bonds. The maximum Gasteiger partial charge on any atom is 0.234 e. The van der Waals surface area contributed by atoms with E-state index in [0.717, 1.165) is 11.3 Å². The molecule has 0 saturated heterocycles. The molecule has 2 N–H and O–H groups in total. The fraction of sp³-hybridized carbons (Fsp3) is 0.269. The Hall–Kier alpha value is -2.43. The average Bonchev–Trinajstić information content (AvgIpc) is 2.79. The van der Waals surface area contributed by atoms with E-state index in [0.29, 0.717) is 44.7 Å². The number of Topliss-reactive ketones (excluding diaryl/α,β-unsaturated/α-hetero) is 1. The Bertz CT molecular complexity index is 1310. The van der Waals surface area contributed by atoms with Crippen molar-refractivity contribution in [3.63, 3.8) is 0 Å². The first-order valence-electron chi connectivity index (χ1n) is 10.9. The second-order valence-corrected chi connectivity index (χ2v) is 11.4. The molecule has 4 rings (SSSR count). The molecule has 1 atom stereocenters. The van der Waals surface area contributed by atoms with Crippen molar-refractivity contribution < 1.29 is 9.59 Å². The molecule has 0 aromatic heterocycles. The third kappa shape index (κ3) is 5.54. The largest absolute Gasteiger partial charge is 0.352 e. The molecule has 2 aliphatic rings. The number of nitriles is 1. The van der Waals surface area contributed by atoms with Gasteiger partial charge < -0.3 is 10.6 Å². The monoisotopic (exact) mass is 545 g/mol. The number of allylic oxidation sites excluding steroid dienone is 3. The Morgan fingerprint density at radius 3 is 2.57 bits per heavy atom. The number of carbonyl (C=O) groups is 2. The Labute approximate surface area is 223 Å². The zero-order valence-corrected chi connectivity index (χ0v) is 22.1. The van der Waals surface area contributed by atoms with Crippen LogP contribution >= 0.6 is 46.6 Å². The number of halogens is 3. The van der Waals surface area contributed by atoms with E-state index < -0.39 is 5.92 Å². The number of anilines is 1. The van der Waals surface area contributed by atoms with Crippen molar-refractivity contribution in [2.24, 2.45) is 5.41 Å². The van der Waals surface area contributed by atoms with Crippen LogP contribution in [-0.2, 0) is 9.59 Å². The molecule has 0 fully saturated rings. The minimum absolute atomic E-state index is 0.0221. The Morgan fingerprint density at radius 1 is 1.17 bits per heavy atom. The highest BCUT2D eigenvalue weighted by Gasteiger charge is 2.41. The molecule has 2 aromatic rings. The molecule has 0 bridgehead atoms. The summed E-state index contributed by atoms with van der Waals surface area (Å²) in [5, 5.41) is 18.0. The summed E-state index contributed by atoms with van der Waals surface area (Å²) in [6.45, 7) is 4.10. The topological polar surface area (TPSA) is 82.0 Å². The molecular weight excluding hydrogens is 525 g/mol. The molecule has 9 heteroatoms. The van der Waals surface area contributed by atoms with Crippen LogP contribution in [0, 0.1) is 16.7 Å². The lowest BCUT2D eigenvalue weighted by Gasteiger charge is -2.39. The van der Waals surface area contributed by atoms with Gasteiger partial charge in [-0.1, -0.05) is 78.6 Å². The molecule has 5 nitrogen and oxygen atoms in total. The van der Waals surface area contributed by atoms with Gasteiger partial charge in [-0.3, -0.25) is 9.59 Å². The van der Waals surface area contributed by atoms with Crippen molar-refractivity contribution in [1.82, 2.24) is 5.32 Å². The van der Waals surface area contributed by atoms with Gasteiger partial charge >= 0.3 is 0 Å². The summed E-state index contributed by atoms with van der Waals surface area (Å²) < 4.78 is 0. The quantitative estimate of drug-likeness (QED) is 0.419. The summed E-state index contributed by atoms with van der Waals surface area (Å²) in [7, 11) is 0. The van der Waals surface area contributed by atoms with E-state index in [1.807, 2.05) is 26.0 Å². The van der Waals surface area contributed by atoms with Gasteiger partial charge in [0.1, 0.15) is 0 Å². The first kappa shape index (κ1) is 25.7. The molecule has 0 radical (unpaired) electrons. The van der Waals surface area contributed by atoms with Crippen LogP contribution in [0.5, 0.6) is 0 Å². The molecule has 2 aromatic carbocycles. The lowest BCUT2D eigenvalue weighted by molar-refractivity contribution is -0.118. The molecule has 1 aliphatic heterocycles. The molecule has 0 saturated carbocycles. The number of nitrogens with one attached hydrogen (secondary N) is 2. The van der Waals surface area contributed by atoms with E-state index in [2.05, 4.69) is 16.7 Å². The van der Waals surface area contributed by atoms with E-state index in [1.165, 1.54) is 11.8 Å². The molecule has 35 heavy (non-hydrogen) atoms. The van der Waals surface area contributed by atoms with Crippen molar-refractivity contribution in [2.75, 3.05) is 11.1 Å². The van der Waals surface area contributed by atoms with Crippen LogP contribution in [0.25, 0.3) is 0 Å². The highest BCUT2D eigenvalue weighted by Crippen LogP contribution is 2.48. The molecule has 0 spiro atoms. The number of dihydropyridines is 1. The third-order valence-electron chi connectivity index (χ3n) is 5.90. The predicted molar refractivity (Wildman–Crippen MR) is 143 cm³/mol. The number of ketones is 1. The lowest BCUT2D eigenvalue weighted by Crippen LogP contribution is -2.37. The maximum atomic E-state index is 13.2. The van der Waals surface area contributed by atoms with E-state index >= 15 is 0 Å². The summed E-state index contributed by atoms with van der Waals surface area (Å²) in [4.78, 5) is 25.9. The number of hydrogen-bond acceptors (Lipinski definition) is 5. The molecule has 1 heterocycles. The summed E-state index contributed by atoms with van der Waals surface area (Å²) in [5.74, 6) is -0.767. The molecule has 1 aliphatic carbocycles. The van der Waals surface area contributed by atoms with Gasteiger partial charge in [0.15, 0.2) is 5.78 Å². The van der Waals surface area contributed by atoms with Gasteiger partial charge in [-0.05, 0) is 41.7 Å². The second kappa shape index (κ2) is 10.3. The van der Waals surface area contributed by atoms with Crippen LogP contribution in [0.4, 0.5) is 5.69 Å². The Morgan fingerprint density at radius 2 is 1.89 bits per heavy atom. The number of hydrogen-bond donors (Lipinski definition) is 2. The van der Waals surface area contributed by atoms with Crippen molar-refractivity contribution in [3.8, 4) is 6.07 Å². The molecular formula is C26H22Cl3N3O2S. The van der Waals surface area contributed by atoms with Gasteiger partial charge in [0.25, 0.3) is 0 Å².